The van der Waals surface area contributed by atoms with E-state index in [9.17, 15) is 5.11 Å². The van der Waals surface area contributed by atoms with Gasteiger partial charge in [0.25, 0.3) is 0 Å². The summed E-state index contributed by atoms with van der Waals surface area (Å²) in [6, 6.07) is 0. The van der Waals surface area contributed by atoms with Crippen molar-refractivity contribution in [2.75, 3.05) is 6.61 Å². The monoisotopic (exact) mass is 326 g/mol. The van der Waals surface area contributed by atoms with Gasteiger partial charge in [0.15, 0.2) is 0 Å². The highest BCUT2D eigenvalue weighted by molar-refractivity contribution is 9.10. The van der Waals surface area contributed by atoms with Gasteiger partial charge in [-0.25, -0.2) is 0 Å². The molecule has 2 fully saturated rings. The molecule has 1 aromatic rings. The highest BCUT2D eigenvalue weighted by Gasteiger charge is 2.50. The summed E-state index contributed by atoms with van der Waals surface area (Å²) in [7, 11) is 2.03. The van der Waals surface area contributed by atoms with Crippen molar-refractivity contribution in [1.82, 2.24) is 9.78 Å². The Bertz CT molecular complexity index is 485. The van der Waals surface area contributed by atoms with Gasteiger partial charge in [-0.3, -0.25) is 4.68 Å². The molecule has 2 aliphatic rings. The van der Waals surface area contributed by atoms with E-state index < -0.39 is 0 Å². The molecule has 3 nitrogen and oxygen atoms in total. The van der Waals surface area contributed by atoms with Gasteiger partial charge in [-0.1, -0.05) is 13.3 Å². The standard InChI is InChI=1S/C15H23BrN2O/c1-3-12-14(16)13(18(2)17-12)8-15(9-19)7-10-4-5-11(15)6-10/h10-11,19H,3-9H2,1-2H3. The zero-order chi connectivity index (χ0) is 13.6. The molecule has 19 heavy (non-hydrogen) atoms. The van der Waals surface area contributed by atoms with Gasteiger partial charge >= 0.3 is 0 Å². The van der Waals surface area contributed by atoms with Crippen molar-refractivity contribution in [1.29, 1.82) is 0 Å². The maximum atomic E-state index is 10.0. The van der Waals surface area contributed by atoms with Crippen LogP contribution in [0.25, 0.3) is 0 Å². The van der Waals surface area contributed by atoms with E-state index in [4.69, 9.17) is 0 Å². The molecule has 2 bridgehead atoms. The molecule has 3 atom stereocenters. The lowest BCUT2D eigenvalue weighted by atomic mass is 9.70. The van der Waals surface area contributed by atoms with Gasteiger partial charge in [-0.15, -0.1) is 0 Å². The van der Waals surface area contributed by atoms with E-state index in [0.29, 0.717) is 6.61 Å². The van der Waals surface area contributed by atoms with E-state index in [1.165, 1.54) is 31.4 Å². The topological polar surface area (TPSA) is 38.0 Å². The largest absolute Gasteiger partial charge is 0.396 e. The molecule has 2 aliphatic carbocycles. The fraction of sp³-hybridized carbons (Fsp3) is 0.800. The summed E-state index contributed by atoms with van der Waals surface area (Å²) in [5, 5.41) is 14.6. The molecule has 0 saturated heterocycles. The maximum absolute atomic E-state index is 10.0. The highest BCUT2D eigenvalue weighted by atomic mass is 79.9. The number of aliphatic hydroxyl groups is 1. The van der Waals surface area contributed by atoms with E-state index in [1.807, 2.05) is 11.7 Å². The fourth-order valence-corrected chi connectivity index (χ4v) is 5.13. The third-order valence-corrected chi connectivity index (χ3v) is 6.36. The summed E-state index contributed by atoms with van der Waals surface area (Å²) in [5.41, 5.74) is 2.51. The molecule has 1 N–H and O–H groups in total. The minimum absolute atomic E-state index is 0.115. The lowest BCUT2D eigenvalue weighted by molar-refractivity contribution is 0.0632. The van der Waals surface area contributed by atoms with Crippen molar-refractivity contribution in [2.45, 2.75) is 45.4 Å². The van der Waals surface area contributed by atoms with Gasteiger partial charge in [0.2, 0.25) is 0 Å². The number of rotatable bonds is 4. The second kappa shape index (κ2) is 4.88. The van der Waals surface area contributed by atoms with Crippen molar-refractivity contribution in [2.24, 2.45) is 24.3 Å². The summed E-state index contributed by atoms with van der Waals surface area (Å²) in [6.45, 7) is 2.46. The lowest BCUT2D eigenvalue weighted by Gasteiger charge is -2.36. The third kappa shape index (κ3) is 2.07. The quantitative estimate of drug-likeness (QED) is 0.923. The Hall–Kier alpha value is -0.350. The number of aromatic nitrogens is 2. The molecule has 3 rings (SSSR count). The van der Waals surface area contributed by atoms with E-state index in [2.05, 4.69) is 28.0 Å². The molecule has 2 saturated carbocycles. The van der Waals surface area contributed by atoms with Gasteiger partial charge in [0, 0.05) is 19.1 Å². The van der Waals surface area contributed by atoms with Crippen molar-refractivity contribution in [3.8, 4) is 0 Å². The van der Waals surface area contributed by atoms with Crippen LogP contribution in [0.3, 0.4) is 0 Å². The van der Waals surface area contributed by atoms with Crippen LogP contribution < -0.4 is 0 Å². The van der Waals surface area contributed by atoms with Crippen molar-refractivity contribution >= 4 is 15.9 Å². The first-order valence-electron chi connectivity index (χ1n) is 7.40. The second-order valence-corrected chi connectivity index (χ2v) is 7.25. The lowest BCUT2D eigenvalue weighted by Crippen LogP contribution is -2.34. The van der Waals surface area contributed by atoms with Gasteiger partial charge < -0.3 is 5.11 Å². The molecule has 0 amide bonds. The Labute approximate surface area is 123 Å². The Morgan fingerprint density at radius 3 is 2.74 bits per heavy atom. The molecular weight excluding hydrogens is 304 g/mol. The van der Waals surface area contributed by atoms with Crippen LogP contribution in [0.2, 0.25) is 0 Å². The van der Waals surface area contributed by atoms with E-state index >= 15 is 0 Å². The van der Waals surface area contributed by atoms with E-state index in [0.717, 1.165) is 34.8 Å². The number of hydrogen-bond acceptors (Lipinski definition) is 2. The molecule has 0 spiro atoms. The first-order chi connectivity index (χ1) is 9.09. The summed E-state index contributed by atoms with van der Waals surface area (Å²) in [4.78, 5) is 0. The summed E-state index contributed by atoms with van der Waals surface area (Å²) in [5.74, 6) is 1.57. The Morgan fingerprint density at radius 2 is 2.26 bits per heavy atom. The average Bonchev–Trinajstić information content (AvgIpc) is 3.07. The number of nitrogens with zero attached hydrogens (tertiary/aromatic N) is 2. The van der Waals surface area contributed by atoms with Gasteiger partial charge in [-0.05, 0) is 59.9 Å². The van der Waals surface area contributed by atoms with Crippen LogP contribution in [0.1, 0.15) is 44.0 Å². The average molecular weight is 327 g/mol. The van der Waals surface area contributed by atoms with Crippen LogP contribution in [-0.2, 0) is 19.9 Å². The van der Waals surface area contributed by atoms with Crippen LogP contribution >= 0.6 is 15.9 Å². The first kappa shape index (κ1) is 13.6. The predicted molar refractivity (Wildman–Crippen MR) is 79.0 cm³/mol. The predicted octanol–water partition coefficient (Wildman–Crippen LogP) is 3.09. The fourth-order valence-electron chi connectivity index (χ4n) is 4.37. The second-order valence-electron chi connectivity index (χ2n) is 6.46. The minimum Gasteiger partial charge on any atom is -0.396 e. The van der Waals surface area contributed by atoms with Crippen LogP contribution in [0.5, 0.6) is 0 Å². The summed E-state index contributed by atoms with van der Waals surface area (Å²) >= 11 is 3.71. The zero-order valence-electron chi connectivity index (χ0n) is 11.8. The Balaban J connectivity index is 1.90. The minimum atomic E-state index is 0.115. The molecular formula is C15H23BrN2O. The van der Waals surface area contributed by atoms with E-state index in [-0.39, 0.29) is 5.41 Å². The van der Waals surface area contributed by atoms with Gasteiger partial charge in [0.05, 0.1) is 15.9 Å². The third-order valence-electron chi connectivity index (χ3n) is 5.44. The number of fused-ring (bicyclic) bond motifs is 2. The van der Waals surface area contributed by atoms with Crippen molar-refractivity contribution in [3.63, 3.8) is 0 Å². The number of aliphatic hydroxyl groups excluding tert-OH is 1. The van der Waals surface area contributed by atoms with Crippen LogP contribution in [0, 0.1) is 17.3 Å². The number of aryl methyl sites for hydroxylation is 2. The molecule has 0 aliphatic heterocycles. The van der Waals surface area contributed by atoms with Crippen LogP contribution in [0.15, 0.2) is 4.47 Å². The van der Waals surface area contributed by atoms with Crippen molar-refractivity contribution in [3.05, 3.63) is 15.9 Å². The molecule has 4 heteroatoms. The Morgan fingerprint density at radius 1 is 1.47 bits per heavy atom. The molecule has 0 radical (unpaired) electrons. The summed E-state index contributed by atoms with van der Waals surface area (Å²) < 4.78 is 3.17. The zero-order valence-corrected chi connectivity index (χ0v) is 13.4. The van der Waals surface area contributed by atoms with Crippen LogP contribution in [-0.4, -0.2) is 21.5 Å². The maximum Gasteiger partial charge on any atom is 0.0766 e. The SMILES string of the molecule is CCc1nn(C)c(CC2(CO)CC3CCC2C3)c1Br. The van der Waals surface area contributed by atoms with Gasteiger partial charge in [0.1, 0.15) is 0 Å². The number of hydrogen-bond donors (Lipinski definition) is 1. The number of halogens is 1. The van der Waals surface area contributed by atoms with Crippen molar-refractivity contribution < 1.29 is 5.11 Å². The van der Waals surface area contributed by atoms with E-state index in [1.54, 1.807) is 0 Å². The molecule has 1 aromatic heterocycles. The molecule has 106 valence electrons. The smallest absolute Gasteiger partial charge is 0.0766 e. The summed E-state index contributed by atoms with van der Waals surface area (Å²) in [6.07, 6.45) is 7.13. The normalized spacial score (nSPS) is 33.3. The highest BCUT2D eigenvalue weighted by Crippen LogP contribution is 2.57. The van der Waals surface area contributed by atoms with Crippen LogP contribution in [0.4, 0.5) is 0 Å². The van der Waals surface area contributed by atoms with Gasteiger partial charge in [-0.2, -0.15) is 5.10 Å². The molecule has 1 heterocycles. The molecule has 3 unspecified atom stereocenters. The Kier molecular flexibility index (Phi) is 3.50. The first-order valence-corrected chi connectivity index (χ1v) is 8.20. The molecule has 0 aromatic carbocycles.